The van der Waals surface area contributed by atoms with Crippen molar-refractivity contribution in [3.05, 3.63) is 74.6 Å². The van der Waals surface area contributed by atoms with Crippen LogP contribution in [0.5, 0.6) is 0 Å². The number of hydrogen-bond acceptors (Lipinski definition) is 8. The Morgan fingerprint density at radius 3 is 1.94 bits per heavy atom. The number of rotatable bonds is 1. The maximum Gasteiger partial charge on any atom is 0.254 e. The van der Waals surface area contributed by atoms with Crippen LogP contribution in [-0.4, -0.2) is 65.3 Å². The van der Waals surface area contributed by atoms with Crippen molar-refractivity contribution in [2.75, 3.05) is 13.1 Å². The van der Waals surface area contributed by atoms with Crippen LogP contribution in [0.25, 0.3) is 5.82 Å². The molecule has 2 amide bonds. The van der Waals surface area contributed by atoms with E-state index in [-0.39, 0.29) is 11.8 Å². The third-order valence-electron chi connectivity index (χ3n) is 4.76. The van der Waals surface area contributed by atoms with Crippen molar-refractivity contribution in [1.29, 1.82) is 0 Å². The molecular formula is C20H17Cl3N10O2. The highest BCUT2D eigenvalue weighted by Gasteiger charge is 2.21. The van der Waals surface area contributed by atoms with Crippen molar-refractivity contribution < 1.29 is 9.59 Å². The van der Waals surface area contributed by atoms with Crippen LogP contribution in [0.15, 0.2) is 36.7 Å². The van der Waals surface area contributed by atoms with Crippen LogP contribution in [0.4, 0.5) is 0 Å². The molecule has 6 heterocycles. The lowest BCUT2D eigenvalue weighted by molar-refractivity contribution is 0.0937. The number of aromatic amines is 1. The number of carbonyl (C=O) groups is 2. The number of halogens is 3. The smallest absolute Gasteiger partial charge is 0.254 e. The summed E-state index contributed by atoms with van der Waals surface area (Å²) in [6.45, 7) is 1.34. The van der Waals surface area contributed by atoms with E-state index < -0.39 is 0 Å². The maximum absolute atomic E-state index is 11.6. The normalized spacial score (nSPS) is 13.7. The fourth-order valence-electron chi connectivity index (χ4n) is 3.12. The first-order valence-corrected chi connectivity index (χ1v) is 11.4. The van der Waals surface area contributed by atoms with Crippen LogP contribution in [0, 0.1) is 0 Å². The number of nitrogens with zero attached hydrogens (tertiary/aromatic N) is 7. The summed E-state index contributed by atoms with van der Waals surface area (Å²) in [5.41, 5.74) is 3.01. The molecule has 4 aromatic heterocycles. The van der Waals surface area contributed by atoms with Gasteiger partial charge >= 0.3 is 0 Å². The van der Waals surface area contributed by atoms with E-state index in [1.165, 1.54) is 0 Å². The highest BCUT2D eigenvalue weighted by atomic mass is 35.5. The Morgan fingerprint density at radius 2 is 1.37 bits per heavy atom. The zero-order valence-electron chi connectivity index (χ0n) is 17.9. The molecule has 0 radical (unpaired) electrons. The molecule has 0 spiro atoms. The van der Waals surface area contributed by atoms with Gasteiger partial charge in [0, 0.05) is 37.8 Å². The Bertz CT molecular complexity index is 1300. The number of hydrogen-bond donors (Lipinski definition) is 3. The third-order valence-corrected chi connectivity index (χ3v) is 5.36. The van der Waals surface area contributed by atoms with E-state index in [0.29, 0.717) is 45.5 Å². The Labute approximate surface area is 213 Å². The van der Waals surface area contributed by atoms with Crippen molar-refractivity contribution in [3.63, 3.8) is 0 Å². The molecule has 2 aliphatic heterocycles. The Hall–Kier alpha value is -3.61. The van der Waals surface area contributed by atoms with Gasteiger partial charge in [-0.2, -0.15) is 10.2 Å². The summed E-state index contributed by atoms with van der Waals surface area (Å²) >= 11 is 16.4. The number of nitrogens with one attached hydrogen (secondary N) is 3. The summed E-state index contributed by atoms with van der Waals surface area (Å²) in [6.07, 6.45) is 4.81. The number of H-pyrrole nitrogens is 1. The largest absolute Gasteiger partial charge is 0.352 e. The molecule has 3 N–H and O–H groups in total. The zero-order chi connectivity index (χ0) is 24.8. The topological polar surface area (TPSA) is 156 Å². The van der Waals surface area contributed by atoms with Gasteiger partial charge in [0.1, 0.15) is 0 Å². The van der Waals surface area contributed by atoms with Crippen molar-refractivity contribution in [1.82, 2.24) is 51.0 Å². The molecule has 35 heavy (non-hydrogen) atoms. The van der Waals surface area contributed by atoms with Crippen molar-refractivity contribution in [3.8, 4) is 5.82 Å². The molecule has 0 saturated heterocycles. The first kappa shape index (κ1) is 24.5. The minimum atomic E-state index is -0.0978. The lowest BCUT2D eigenvalue weighted by Crippen LogP contribution is -2.31. The SMILES string of the molecule is Clc1ccc(Cl)nn1.O=C1NCCc2[nH]ncc21.O=C1NCCc2nn(-c3ccc(Cl)nn3)cc21. The molecule has 0 atom stereocenters. The summed E-state index contributed by atoms with van der Waals surface area (Å²) < 4.78 is 1.54. The van der Waals surface area contributed by atoms with Crippen LogP contribution < -0.4 is 10.6 Å². The summed E-state index contributed by atoms with van der Waals surface area (Å²) in [6, 6.07) is 6.49. The quantitative estimate of drug-likeness (QED) is 0.334. The van der Waals surface area contributed by atoms with Gasteiger partial charge in [0.25, 0.3) is 11.8 Å². The van der Waals surface area contributed by atoms with Crippen LogP contribution in [0.1, 0.15) is 32.1 Å². The molecule has 0 unspecified atom stereocenters. The molecule has 0 aromatic carbocycles. The van der Waals surface area contributed by atoms with Crippen LogP contribution in [0.2, 0.25) is 15.5 Å². The van der Waals surface area contributed by atoms with Gasteiger partial charge < -0.3 is 10.6 Å². The standard InChI is InChI=1S/C10H8ClN5O.C6H7N3O.C4H2Cl2N2/c11-8-1-2-9(14-13-8)16-5-6-7(15-16)3-4-12-10(6)17;10-6-4-3-8-9-5(4)1-2-7-6;5-3-1-2-4(6)8-7-3/h1-2,5H,3-4H2,(H,12,17);3H,1-2H2,(H,7,10)(H,8,9);1-2H. The van der Waals surface area contributed by atoms with Crippen LogP contribution in [-0.2, 0) is 12.8 Å². The molecule has 12 nitrogen and oxygen atoms in total. The predicted molar refractivity (Wildman–Crippen MR) is 127 cm³/mol. The fraction of sp³-hybridized carbons (Fsp3) is 0.200. The van der Waals surface area contributed by atoms with E-state index in [9.17, 15) is 9.59 Å². The Balaban J connectivity index is 0.000000136. The molecule has 2 aliphatic rings. The average molecular weight is 536 g/mol. The van der Waals surface area contributed by atoms with Gasteiger partial charge in [0.2, 0.25) is 0 Å². The Kier molecular flexibility index (Phi) is 7.85. The predicted octanol–water partition coefficient (Wildman–Crippen LogP) is 2.08. The summed E-state index contributed by atoms with van der Waals surface area (Å²) in [5, 5.41) is 31.9. The van der Waals surface area contributed by atoms with Crippen molar-refractivity contribution >= 4 is 46.6 Å². The van der Waals surface area contributed by atoms with Crippen molar-refractivity contribution in [2.45, 2.75) is 12.8 Å². The van der Waals surface area contributed by atoms with Gasteiger partial charge in [-0.3, -0.25) is 14.7 Å². The fourth-order valence-corrected chi connectivity index (χ4v) is 3.42. The second-order valence-corrected chi connectivity index (χ2v) is 8.26. The number of fused-ring (bicyclic) bond motifs is 2. The highest BCUT2D eigenvalue weighted by Crippen LogP contribution is 2.15. The van der Waals surface area contributed by atoms with Crippen molar-refractivity contribution in [2.24, 2.45) is 0 Å². The van der Waals surface area contributed by atoms with Crippen LogP contribution in [0.3, 0.4) is 0 Å². The molecule has 0 fully saturated rings. The molecule has 180 valence electrons. The average Bonchev–Trinajstić information content (AvgIpc) is 3.51. The van der Waals surface area contributed by atoms with E-state index in [1.807, 2.05) is 0 Å². The molecule has 6 rings (SSSR count). The molecular weight excluding hydrogens is 519 g/mol. The summed E-state index contributed by atoms with van der Waals surface area (Å²) in [7, 11) is 0. The van der Waals surface area contributed by atoms with Gasteiger partial charge in [-0.05, 0) is 24.3 Å². The van der Waals surface area contributed by atoms with Gasteiger partial charge in [-0.1, -0.05) is 34.8 Å². The number of amides is 2. The molecule has 4 aromatic rings. The maximum atomic E-state index is 11.6. The molecule has 0 saturated carbocycles. The van der Waals surface area contributed by atoms with E-state index >= 15 is 0 Å². The van der Waals surface area contributed by atoms with Gasteiger partial charge in [-0.25, -0.2) is 4.68 Å². The Morgan fingerprint density at radius 1 is 0.771 bits per heavy atom. The minimum absolute atomic E-state index is 0.0185. The highest BCUT2D eigenvalue weighted by molar-refractivity contribution is 6.31. The number of aromatic nitrogens is 8. The monoisotopic (exact) mass is 534 g/mol. The lowest BCUT2D eigenvalue weighted by atomic mass is 10.1. The van der Waals surface area contributed by atoms with Gasteiger partial charge in [-0.15, -0.1) is 20.4 Å². The van der Waals surface area contributed by atoms with Gasteiger partial charge in [0.15, 0.2) is 21.3 Å². The third kappa shape index (κ3) is 6.29. The summed E-state index contributed by atoms with van der Waals surface area (Å²) in [4.78, 5) is 22.5. The summed E-state index contributed by atoms with van der Waals surface area (Å²) in [5.74, 6) is 0.422. The van der Waals surface area contributed by atoms with Crippen LogP contribution >= 0.6 is 34.8 Å². The second-order valence-electron chi connectivity index (χ2n) is 7.10. The first-order valence-electron chi connectivity index (χ1n) is 10.2. The van der Waals surface area contributed by atoms with Gasteiger partial charge in [0.05, 0.1) is 23.0 Å². The molecule has 15 heteroatoms. The molecule has 0 bridgehead atoms. The van der Waals surface area contributed by atoms with E-state index in [1.54, 1.807) is 41.3 Å². The zero-order valence-corrected chi connectivity index (χ0v) is 20.1. The molecule has 0 aliphatic carbocycles. The van der Waals surface area contributed by atoms with E-state index in [0.717, 1.165) is 24.2 Å². The second kappa shape index (κ2) is 11.2. The number of carbonyl (C=O) groups excluding carboxylic acids is 2. The lowest BCUT2D eigenvalue weighted by Gasteiger charge is -2.09. The first-order chi connectivity index (χ1) is 16.9. The van der Waals surface area contributed by atoms with E-state index in [2.05, 4.69) is 46.3 Å². The minimum Gasteiger partial charge on any atom is -0.352 e. The van der Waals surface area contributed by atoms with E-state index in [4.69, 9.17) is 34.8 Å².